The van der Waals surface area contributed by atoms with Crippen LogP contribution in [0.25, 0.3) is 5.70 Å². The van der Waals surface area contributed by atoms with E-state index in [4.69, 9.17) is 4.99 Å². The van der Waals surface area contributed by atoms with E-state index in [9.17, 15) is 4.79 Å². The molecular formula is C25H36N8O. The summed E-state index contributed by atoms with van der Waals surface area (Å²) in [7, 11) is 2.06. The summed E-state index contributed by atoms with van der Waals surface area (Å²) < 4.78 is 3.96. The topological polar surface area (TPSA) is 83.6 Å². The summed E-state index contributed by atoms with van der Waals surface area (Å²) in [6.45, 7) is 9.85. The van der Waals surface area contributed by atoms with Gasteiger partial charge in [0.2, 0.25) is 5.91 Å². The van der Waals surface area contributed by atoms with Crippen LogP contribution in [0.3, 0.4) is 0 Å². The van der Waals surface area contributed by atoms with Crippen LogP contribution in [0.5, 0.6) is 0 Å². The zero-order valence-electron chi connectivity index (χ0n) is 20.7. The Labute approximate surface area is 201 Å². The van der Waals surface area contributed by atoms with E-state index in [1.807, 2.05) is 28.2 Å². The van der Waals surface area contributed by atoms with Gasteiger partial charge in [-0.15, -0.1) is 0 Å². The van der Waals surface area contributed by atoms with Gasteiger partial charge in [-0.3, -0.25) is 14.2 Å². The number of likely N-dealkylation sites (N-methyl/N-ethyl adjacent to an activating group) is 1. The van der Waals surface area contributed by atoms with Crippen molar-refractivity contribution >= 4 is 17.3 Å². The number of carbonyl (C=O) groups excluding carboxylic acids is 1. The smallest absolute Gasteiger partial charge is 0.236 e. The lowest BCUT2D eigenvalue weighted by Gasteiger charge is -2.27. The molecular weight excluding hydrogens is 428 g/mol. The molecule has 1 N–H and O–H groups in total. The van der Waals surface area contributed by atoms with Crippen molar-refractivity contribution in [2.24, 2.45) is 4.99 Å². The van der Waals surface area contributed by atoms with E-state index in [0.29, 0.717) is 25.7 Å². The fourth-order valence-electron chi connectivity index (χ4n) is 4.46. The third-order valence-electron chi connectivity index (χ3n) is 6.48. The molecule has 2 aromatic heterocycles. The highest BCUT2D eigenvalue weighted by Gasteiger charge is 2.23. The number of amides is 1. The summed E-state index contributed by atoms with van der Waals surface area (Å²) in [6, 6.07) is 0.394. The second kappa shape index (κ2) is 10.8. The standard InChI is InChI=1S/C25H36N8O/c1-5-8-23-25(20-14-28-33(17-20)21(6-2)7-3)29-22(18-30(23)4)19-13-27-32(16-19)12-11-31-10-9-26-15-24(31)34/h8,13-14,16-18,21,26H,5-7,9-12,15H2,1-4H3/b23-8-. The molecule has 34 heavy (non-hydrogen) atoms. The Kier molecular flexibility index (Phi) is 7.62. The van der Waals surface area contributed by atoms with Gasteiger partial charge < -0.3 is 15.1 Å². The maximum absolute atomic E-state index is 12.0. The zero-order valence-corrected chi connectivity index (χ0v) is 20.7. The first-order valence-corrected chi connectivity index (χ1v) is 12.3. The van der Waals surface area contributed by atoms with Gasteiger partial charge in [0.05, 0.1) is 48.6 Å². The van der Waals surface area contributed by atoms with Gasteiger partial charge in [-0.2, -0.15) is 10.2 Å². The second-order valence-electron chi connectivity index (χ2n) is 8.81. The molecule has 1 amide bonds. The molecule has 0 bridgehead atoms. The van der Waals surface area contributed by atoms with Crippen molar-refractivity contribution < 1.29 is 4.79 Å². The minimum atomic E-state index is 0.147. The first-order valence-electron chi connectivity index (χ1n) is 12.3. The Bertz CT molecular complexity index is 1090. The van der Waals surface area contributed by atoms with Gasteiger partial charge in [0.15, 0.2) is 0 Å². The minimum absolute atomic E-state index is 0.147. The molecule has 0 radical (unpaired) electrons. The number of hydrogen-bond acceptors (Lipinski definition) is 6. The van der Waals surface area contributed by atoms with Gasteiger partial charge in [-0.25, -0.2) is 4.99 Å². The predicted molar refractivity (Wildman–Crippen MR) is 134 cm³/mol. The maximum Gasteiger partial charge on any atom is 0.236 e. The monoisotopic (exact) mass is 464 g/mol. The van der Waals surface area contributed by atoms with Crippen molar-refractivity contribution in [3.63, 3.8) is 0 Å². The lowest BCUT2D eigenvalue weighted by Crippen LogP contribution is -2.48. The Hall–Kier alpha value is -3.20. The molecule has 9 nitrogen and oxygen atoms in total. The molecule has 0 aromatic carbocycles. The van der Waals surface area contributed by atoms with Crippen molar-refractivity contribution in [2.75, 3.05) is 33.2 Å². The molecule has 2 aliphatic heterocycles. The SMILES string of the molecule is CC/C=C1/C(c2cnn(C(CC)CC)c2)=NC(c2cnn(CCN3CCNCC3=O)c2)=CN1C. The van der Waals surface area contributed by atoms with Gasteiger partial charge in [-0.05, 0) is 19.3 Å². The van der Waals surface area contributed by atoms with Crippen LogP contribution in [0.4, 0.5) is 0 Å². The van der Waals surface area contributed by atoms with E-state index in [1.54, 1.807) is 0 Å². The Morgan fingerprint density at radius 2 is 1.88 bits per heavy atom. The number of nitrogens with zero attached hydrogens (tertiary/aromatic N) is 7. The molecule has 0 unspecified atom stereocenters. The molecule has 2 aromatic rings. The summed E-state index contributed by atoms with van der Waals surface area (Å²) in [5.74, 6) is 0.147. The molecule has 0 spiro atoms. The second-order valence-corrected chi connectivity index (χ2v) is 8.81. The number of aliphatic imine (C=N–C) groups is 1. The third-order valence-corrected chi connectivity index (χ3v) is 6.48. The van der Waals surface area contributed by atoms with E-state index < -0.39 is 0 Å². The van der Waals surface area contributed by atoms with Crippen molar-refractivity contribution in [3.8, 4) is 0 Å². The van der Waals surface area contributed by atoms with Crippen molar-refractivity contribution in [2.45, 2.75) is 52.6 Å². The number of allylic oxidation sites excluding steroid dienone is 2. The van der Waals surface area contributed by atoms with Crippen molar-refractivity contribution in [3.05, 3.63) is 53.9 Å². The number of piperazine rings is 1. The fraction of sp³-hybridized carbons (Fsp3) is 0.520. The highest BCUT2D eigenvalue weighted by Crippen LogP contribution is 2.27. The van der Waals surface area contributed by atoms with Crippen LogP contribution in [0.15, 0.2) is 47.8 Å². The van der Waals surface area contributed by atoms with Gasteiger partial charge in [0.25, 0.3) is 0 Å². The lowest BCUT2D eigenvalue weighted by molar-refractivity contribution is -0.132. The maximum atomic E-state index is 12.0. The van der Waals surface area contributed by atoms with Crippen LogP contribution in [0.2, 0.25) is 0 Å². The van der Waals surface area contributed by atoms with Gasteiger partial charge >= 0.3 is 0 Å². The van der Waals surface area contributed by atoms with E-state index in [1.165, 1.54) is 0 Å². The highest BCUT2D eigenvalue weighted by molar-refractivity contribution is 6.15. The first-order chi connectivity index (χ1) is 16.5. The van der Waals surface area contributed by atoms with Gasteiger partial charge in [0, 0.05) is 56.4 Å². The summed E-state index contributed by atoms with van der Waals surface area (Å²) in [6.07, 6.45) is 15.2. The molecule has 4 rings (SSSR count). The molecule has 9 heteroatoms. The number of nitrogens with one attached hydrogen (secondary N) is 1. The number of carbonyl (C=O) groups is 1. The summed E-state index contributed by atoms with van der Waals surface area (Å²) in [5.41, 5.74) is 4.86. The molecule has 1 saturated heterocycles. The van der Waals surface area contributed by atoms with Crippen molar-refractivity contribution in [1.29, 1.82) is 0 Å². The van der Waals surface area contributed by atoms with E-state index in [-0.39, 0.29) is 5.91 Å². The molecule has 0 aliphatic carbocycles. The minimum Gasteiger partial charge on any atom is -0.347 e. The van der Waals surface area contributed by atoms with Crippen LogP contribution >= 0.6 is 0 Å². The average Bonchev–Trinajstić information content (AvgIpc) is 3.51. The van der Waals surface area contributed by atoms with Crippen LogP contribution in [-0.2, 0) is 11.3 Å². The Morgan fingerprint density at radius 3 is 2.62 bits per heavy atom. The Morgan fingerprint density at radius 1 is 1.09 bits per heavy atom. The van der Waals surface area contributed by atoms with Gasteiger partial charge in [0.1, 0.15) is 0 Å². The normalized spacial score (nSPS) is 18.1. The van der Waals surface area contributed by atoms with E-state index in [0.717, 1.165) is 60.6 Å². The summed E-state index contributed by atoms with van der Waals surface area (Å²) >= 11 is 0. The average molecular weight is 465 g/mol. The van der Waals surface area contributed by atoms with Crippen LogP contribution in [0.1, 0.15) is 57.2 Å². The van der Waals surface area contributed by atoms with E-state index in [2.05, 4.69) is 71.4 Å². The van der Waals surface area contributed by atoms with Crippen LogP contribution < -0.4 is 5.32 Å². The molecule has 0 atom stereocenters. The number of rotatable bonds is 9. The quantitative estimate of drug-likeness (QED) is 0.617. The van der Waals surface area contributed by atoms with Crippen LogP contribution in [0, 0.1) is 0 Å². The predicted octanol–water partition coefficient (Wildman–Crippen LogP) is 2.90. The summed E-state index contributed by atoms with van der Waals surface area (Å²) in [5, 5.41) is 12.3. The van der Waals surface area contributed by atoms with Crippen LogP contribution in [-0.4, -0.2) is 74.2 Å². The van der Waals surface area contributed by atoms with Crippen molar-refractivity contribution in [1.82, 2.24) is 34.7 Å². The zero-order chi connectivity index (χ0) is 24.1. The molecule has 4 heterocycles. The molecule has 182 valence electrons. The molecule has 1 fully saturated rings. The van der Waals surface area contributed by atoms with E-state index >= 15 is 0 Å². The lowest BCUT2D eigenvalue weighted by atomic mass is 10.1. The Balaban J connectivity index is 1.56. The first kappa shape index (κ1) is 23.9. The summed E-state index contributed by atoms with van der Waals surface area (Å²) in [4.78, 5) is 21.1. The molecule has 0 saturated carbocycles. The third kappa shape index (κ3) is 5.14. The number of aromatic nitrogens is 4. The highest BCUT2D eigenvalue weighted by atomic mass is 16.2. The fourth-order valence-corrected chi connectivity index (χ4v) is 4.46. The number of hydrogen-bond donors (Lipinski definition) is 1. The molecule has 2 aliphatic rings. The largest absolute Gasteiger partial charge is 0.347 e. The van der Waals surface area contributed by atoms with Gasteiger partial charge in [-0.1, -0.05) is 26.8 Å².